The number of fused-ring (bicyclic) bond motifs is 1. The van der Waals surface area contributed by atoms with Crippen LogP contribution in [0.3, 0.4) is 0 Å². The van der Waals surface area contributed by atoms with Crippen LogP contribution < -0.4 is 5.73 Å². The van der Waals surface area contributed by atoms with Gasteiger partial charge in [0.1, 0.15) is 0 Å². The van der Waals surface area contributed by atoms with Gasteiger partial charge in [0.05, 0.1) is 21.8 Å². The zero-order valence-electron chi connectivity index (χ0n) is 11.8. The number of aromatic nitrogens is 2. The van der Waals surface area contributed by atoms with Crippen LogP contribution in [0.15, 0.2) is 23.4 Å². The summed E-state index contributed by atoms with van der Waals surface area (Å²) in [4.78, 5) is 7.62. The summed E-state index contributed by atoms with van der Waals surface area (Å²) in [5, 5.41) is 0.848. The number of anilines is 1. The van der Waals surface area contributed by atoms with Gasteiger partial charge in [0.25, 0.3) is 0 Å². The molecule has 1 aliphatic rings. The maximum atomic E-state index is 12.6. The monoisotopic (exact) mass is 291 g/mol. The fourth-order valence-corrected chi connectivity index (χ4v) is 4.43. The molecule has 0 aliphatic heterocycles. The van der Waals surface area contributed by atoms with Gasteiger partial charge in [-0.3, -0.25) is 4.21 Å². The van der Waals surface area contributed by atoms with Gasteiger partial charge in [-0.05, 0) is 49.8 Å². The molecule has 0 radical (unpaired) electrons. The van der Waals surface area contributed by atoms with E-state index in [2.05, 4.69) is 16.9 Å². The summed E-state index contributed by atoms with van der Waals surface area (Å²) in [6.45, 7) is 2.24. The van der Waals surface area contributed by atoms with Crippen molar-refractivity contribution in [3.8, 4) is 0 Å². The molecule has 5 heteroatoms. The standard InChI is InChI=1S/C15H21N3OS/c1-2-10-3-6-12(7-4-10)20(19)15-17-13-8-5-11(16)9-14(13)18-15/h5,8-10,12H,2-4,6-7,16H2,1H3,(H,17,18). The Hall–Kier alpha value is -1.36. The first kappa shape index (κ1) is 13.6. The van der Waals surface area contributed by atoms with E-state index in [9.17, 15) is 4.21 Å². The van der Waals surface area contributed by atoms with Crippen LogP contribution in [-0.2, 0) is 10.8 Å². The molecular weight excluding hydrogens is 270 g/mol. The minimum atomic E-state index is -1.03. The largest absolute Gasteiger partial charge is 0.399 e. The van der Waals surface area contributed by atoms with E-state index in [4.69, 9.17) is 5.73 Å². The summed E-state index contributed by atoms with van der Waals surface area (Å²) in [5.74, 6) is 0.818. The Labute approximate surface area is 121 Å². The molecule has 0 bridgehead atoms. The molecule has 1 fully saturated rings. The lowest BCUT2D eigenvalue weighted by Crippen LogP contribution is -2.23. The zero-order valence-corrected chi connectivity index (χ0v) is 12.6. The van der Waals surface area contributed by atoms with Crippen molar-refractivity contribution in [2.75, 3.05) is 5.73 Å². The van der Waals surface area contributed by atoms with E-state index in [1.165, 1.54) is 19.3 Å². The Bertz CT molecular complexity index is 629. The Morgan fingerprint density at radius 3 is 2.80 bits per heavy atom. The van der Waals surface area contributed by atoms with Crippen LogP contribution in [0.5, 0.6) is 0 Å². The second-order valence-electron chi connectivity index (χ2n) is 5.67. The minimum absolute atomic E-state index is 0.246. The van der Waals surface area contributed by atoms with Crippen LogP contribution in [0.2, 0.25) is 0 Å². The van der Waals surface area contributed by atoms with Gasteiger partial charge in [-0.15, -0.1) is 0 Å². The fraction of sp³-hybridized carbons (Fsp3) is 0.533. The molecule has 1 unspecified atom stereocenters. The lowest BCUT2D eigenvalue weighted by molar-refractivity contribution is 0.353. The third-order valence-electron chi connectivity index (χ3n) is 4.35. The second-order valence-corrected chi connectivity index (χ2v) is 7.32. The molecule has 0 amide bonds. The van der Waals surface area contributed by atoms with Crippen LogP contribution in [0.25, 0.3) is 11.0 Å². The summed E-state index contributed by atoms with van der Waals surface area (Å²) >= 11 is 0. The molecule has 1 aliphatic carbocycles. The quantitative estimate of drug-likeness (QED) is 0.853. The van der Waals surface area contributed by atoms with Gasteiger partial charge in [0.2, 0.25) is 0 Å². The van der Waals surface area contributed by atoms with E-state index >= 15 is 0 Å². The summed E-state index contributed by atoms with van der Waals surface area (Å²) in [6, 6.07) is 5.54. The summed E-state index contributed by atoms with van der Waals surface area (Å²) < 4.78 is 12.6. The summed E-state index contributed by atoms with van der Waals surface area (Å²) in [5.41, 5.74) is 8.16. The highest BCUT2D eigenvalue weighted by atomic mass is 32.2. The van der Waals surface area contributed by atoms with Gasteiger partial charge in [-0.25, -0.2) is 4.98 Å². The lowest BCUT2D eigenvalue weighted by atomic mass is 9.87. The molecule has 4 nitrogen and oxygen atoms in total. The number of benzene rings is 1. The number of H-pyrrole nitrogens is 1. The van der Waals surface area contributed by atoms with Gasteiger partial charge in [0.15, 0.2) is 5.16 Å². The molecule has 3 N–H and O–H groups in total. The number of hydrogen-bond acceptors (Lipinski definition) is 3. The molecule has 1 atom stereocenters. The molecule has 1 aromatic heterocycles. The van der Waals surface area contributed by atoms with Crippen LogP contribution in [0.4, 0.5) is 5.69 Å². The van der Waals surface area contributed by atoms with Gasteiger partial charge < -0.3 is 10.7 Å². The van der Waals surface area contributed by atoms with E-state index in [1.54, 1.807) is 0 Å². The van der Waals surface area contributed by atoms with E-state index < -0.39 is 10.8 Å². The van der Waals surface area contributed by atoms with E-state index in [1.807, 2.05) is 18.2 Å². The Morgan fingerprint density at radius 2 is 2.10 bits per heavy atom. The van der Waals surface area contributed by atoms with Crippen LogP contribution in [-0.4, -0.2) is 19.4 Å². The molecule has 108 valence electrons. The van der Waals surface area contributed by atoms with Gasteiger partial charge in [-0.1, -0.05) is 13.3 Å². The number of imidazole rings is 1. The molecule has 1 heterocycles. The SMILES string of the molecule is CCC1CCC(S(=O)c2nc3ccc(N)cc3[nH]2)CC1. The molecule has 0 saturated heterocycles. The number of hydrogen-bond donors (Lipinski definition) is 2. The third kappa shape index (κ3) is 2.59. The Kier molecular flexibility index (Phi) is 3.78. The molecule has 2 aromatic rings. The van der Waals surface area contributed by atoms with Crippen molar-refractivity contribution < 1.29 is 4.21 Å². The first-order valence-corrected chi connectivity index (χ1v) is 8.54. The van der Waals surface area contributed by atoms with Gasteiger partial charge in [0, 0.05) is 10.9 Å². The van der Waals surface area contributed by atoms with Crippen LogP contribution in [0, 0.1) is 5.92 Å². The third-order valence-corrected chi connectivity index (χ3v) is 6.00. The van der Waals surface area contributed by atoms with E-state index in [0.717, 1.165) is 29.8 Å². The smallest absolute Gasteiger partial charge is 0.197 e. The fourth-order valence-electron chi connectivity index (χ4n) is 3.01. The maximum Gasteiger partial charge on any atom is 0.197 e. The van der Waals surface area contributed by atoms with Crippen molar-refractivity contribution >= 4 is 27.5 Å². The average Bonchev–Trinajstić information content (AvgIpc) is 2.89. The highest BCUT2D eigenvalue weighted by molar-refractivity contribution is 7.85. The van der Waals surface area contributed by atoms with Gasteiger partial charge in [-0.2, -0.15) is 0 Å². The number of rotatable bonds is 3. The van der Waals surface area contributed by atoms with Crippen molar-refractivity contribution in [1.29, 1.82) is 0 Å². The zero-order chi connectivity index (χ0) is 14.1. The van der Waals surface area contributed by atoms with Crippen molar-refractivity contribution in [3.05, 3.63) is 18.2 Å². The second kappa shape index (κ2) is 5.56. The van der Waals surface area contributed by atoms with E-state index in [-0.39, 0.29) is 5.25 Å². The number of nitrogens with one attached hydrogen (secondary N) is 1. The molecular formula is C15H21N3OS. The first-order chi connectivity index (χ1) is 9.67. The topological polar surface area (TPSA) is 71.8 Å². The normalized spacial score (nSPS) is 24.9. The molecule has 1 aromatic carbocycles. The summed E-state index contributed by atoms with van der Waals surface area (Å²) in [7, 11) is -1.03. The van der Waals surface area contributed by atoms with E-state index in [0.29, 0.717) is 10.8 Å². The minimum Gasteiger partial charge on any atom is -0.399 e. The average molecular weight is 291 g/mol. The van der Waals surface area contributed by atoms with Crippen LogP contribution in [0.1, 0.15) is 39.0 Å². The number of nitrogens with zero attached hydrogens (tertiary/aromatic N) is 1. The predicted octanol–water partition coefficient (Wildman–Crippen LogP) is 3.22. The number of nitrogen functional groups attached to an aromatic ring is 1. The Morgan fingerprint density at radius 1 is 1.35 bits per heavy atom. The Balaban J connectivity index is 1.79. The highest BCUT2D eigenvalue weighted by Crippen LogP contribution is 2.31. The van der Waals surface area contributed by atoms with Crippen molar-refractivity contribution in [2.24, 2.45) is 5.92 Å². The molecule has 1 saturated carbocycles. The highest BCUT2D eigenvalue weighted by Gasteiger charge is 2.27. The molecule has 0 spiro atoms. The molecule has 20 heavy (non-hydrogen) atoms. The van der Waals surface area contributed by atoms with Crippen LogP contribution >= 0.6 is 0 Å². The number of aromatic amines is 1. The first-order valence-electron chi connectivity index (χ1n) is 7.33. The maximum absolute atomic E-state index is 12.6. The van der Waals surface area contributed by atoms with Crippen molar-refractivity contribution in [3.63, 3.8) is 0 Å². The van der Waals surface area contributed by atoms with Crippen molar-refractivity contribution in [2.45, 2.75) is 49.4 Å². The molecule has 3 rings (SSSR count). The van der Waals surface area contributed by atoms with Crippen molar-refractivity contribution in [1.82, 2.24) is 9.97 Å². The predicted molar refractivity (Wildman–Crippen MR) is 83.0 cm³/mol. The van der Waals surface area contributed by atoms with Gasteiger partial charge >= 0.3 is 0 Å². The summed E-state index contributed by atoms with van der Waals surface area (Å²) in [6.07, 6.45) is 5.72. The number of nitrogens with two attached hydrogens (primary N) is 1. The lowest BCUT2D eigenvalue weighted by Gasteiger charge is -2.26.